The fraction of sp³-hybridized carbons (Fsp3) is 0.294. The number of hydrazine groups is 1. The second kappa shape index (κ2) is 7.58. The van der Waals surface area contributed by atoms with Gasteiger partial charge in [0.2, 0.25) is 0 Å². The van der Waals surface area contributed by atoms with Crippen molar-refractivity contribution in [2.75, 3.05) is 0 Å². The van der Waals surface area contributed by atoms with Gasteiger partial charge in [0.25, 0.3) is 0 Å². The number of halogens is 1. The van der Waals surface area contributed by atoms with Crippen molar-refractivity contribution >= 4 is 15.9 Å². The summed E-state index contributed by atoms with van der Waals surface area (Å²) in [5, 5.41) is 0. The van der Waals surface area contributed by atoms with Crippen molar-refractivity contribution in [1.82, 2.24) is 5.43 Å². The van der Waals surface area contributed by atoms with E-state index in [-0.39, 0.29) is 6.04 Å². The molecular formula is C17H21BrN2. The summed E-state index contributed by atoms with van der Waals surface area (Å²) in [6.45, 7) is 2.17. The lowest BCUT2D eigenvalue weighted by Crippen LogP contribution is -2.38. The Morgan fingerprint density at radius 2 is 1.35 bits per heavy atom. The normalized spacial score (nSPS) is 12.3. The SMILES string of the molecule is CCc1ccc(CC(Cc2ccc(Br)cc2)NN)cc1. The minimum absolute atomic E-state index is 0.253. The first-order valence-corrected chi connectivity index (χ1v) is 7.79. The van der Waals surface area contributed by atoms with Gasteiger partial charge < -0.3 is 0 Å². The molecule has 0 aliphatic heterocycles. The molecule has 0 heterocycles. The van der Waals surface area contributed by atoms with Gasteiger partial charge in [-0.2, -0.15) is 0 Å². The van der Waals surface area contributed by atoms with Crippen LogP contribution < -0.4 is 11.3 Å². The van der Waals surface area contributed by atoms with Gasteiger partial charge in [0.05, 0.1) is 0 Å². The fourth-order valence-electron chi connectivity index (χ4n) is 2.29. The number of hydrogen-bond acceptors (Lipinski definition) is 2. The number of benzene rings is 2. The molecule has 2 rings (SSSR count). The molecule has 0 radical (unpaired) electrons. The topological polar surface area (TPSA) is 38.0 Å². The third-order valence-corrected chi connectivity index (χ3v) is 4.07. The average Bonchev–Trinajstić information content (AvgIpc) is 2.49. The summed E-state index contributed by atoms with van der Waals surface area (Å²) < 4.78 is 1.11. The zero-order valence-electron chi connectivity index (χ0n) is 11.8. The van der Waals surface area contributed by atoms with E-state index in [1.807, 2.05) is 0 Å². The molecule has 106 valence electrons. The predicted molar refractivity (Wildman–Crippen MR) is 88.5 cm³/mol. The van der Waals surface area contributed by atoms with Crippen LogP contribution in [-0.2, 0) is 19.3 Å². The van der Waals surface area contributed by atoms with Gasteiger partial charge in [-0.1, -0.05) is 59.3 Å². The largest absolute Gasteiger partial charge is 0.271 e. The van der Waals surface area contributed by atoms with Crippen LogP contribution in [0.1, 0.15) is 23.6 Å². The minimum Gasteiger partial charge on any atom is -0.271 e. The summed E-state index contributed by atoms with van der Waals surface area (Å²) in [5.41, 5.74) is 6.92. The molecular weight excluding hydrogens is 312 g/mol. The first-order valence-electron chi connectivity index (χ1n) is 6.99. The Bertz CT molecular complexity index is 520. The molecule has 3 N–H and O–H groups in total. The monoisotopic (exact) mass is 332 g/mol. The lowest BCUT2D eigenvalue weighted by atomic mass is 9.98. The van der Waals surface area contributed by atoms with Gasteiger partial charge in [0, 0.05) is 10.5 Å². The van der Waals surface area contributed by atoms with Gasteiger partial charge >= 0.3 is 0 Å². The molecule has 0 aliphatic rings. The van der Waals surface area contributed by atoms with Crippen molar-refractivity contribution in [3.63, 3.8) is 0 Å². The average molecular weight is 333 g/mol. The van der Waals surface area contributed by atoms with Crippen LogP contribution in [0.15, 0.2) is 53.0 Å². The number of nitrogens with two attached hydrogens (primary N) is 1. The molecule has 1 atom stereocenters. The number of hydrogen-bond donors (Lipinski definition) is 2. The van der Waals surface area contributed by atoms with Crippen LogP contribution in [0.3, 0.4) is 0 Å². The molecule has 0 bridgehead atoms. The molecule has 1 unspecified atom stereocenters. The summed E-state index contributed by atoms with van der Waals surface area (Å²) in [7, 11) is 0. The Hall–Kier alpha value is -1.16. The molecule has 2 aromatic carbocycles. The van der Waals surface area contributed by atoms with Crippen molar-refractivity contribution in [2.45, 2.75) is 32.2 Å². The van der Waals surface area contributed by atoms with Crippen LogP contribution >= 0.6 is 15.9 Å². The maximum atomic E-state index is 5.70. The second-order valence-corrected chi connectivity index (χ2v) is 5.98. The Labute approximate surface area is 129 Å². The standard InChI is InChI=1S/C17H21BrN2/c1-2-13-3-5-14(6-4-13)11-17(20-19)12-15-7-9-16(18)10-8-15/h3-10,17,20H,2,11-12,19H2,1H3. The number of rotatable bonds is 6. The first kappa shape index (κ1) is 15.2. The fourth-order valence-corrected chi connectivity index (χ4v) is 2.55. The lowest BCUT2D eigenvalue weighted by molar-refractivity contribution is 0.522. The number of aryl methyl sites for hydroxylation is 1. The maximum absolute atomic E-state index is 5.70. The smallest absolute Gasteiger partial charge is 0.0291 e. The molecule has 0 amide bonds. The predicted octanol–water partition coefficient (Wildman–Crippen LogP) is 3.63. The molecule has 0 aromatic heterocycles. The van der Waals surface area contributed by atoms with E-state index in [1.54, 1.807) is 0 Å². The lowest BCUT2D eigenvalue weighted by Gasteiger charge is -2.16. The second-order valence-electron chi connectivity index (χ2n) is 5.07. The van der Waals surface area contributed by atoms with Crippen LogP contribution in [0.4, 0.5) is 0 Å². The molecule has 0 fully saturated rings. The highest BCUT2D eigenvalue weighted by molar-refractivity contribution is 9.10. The van der Waals surface area contributed by atoms with Gasteiger partial charge in [-0.3, -0.25) is 11.3 Å². The van der Waals surface area contributed by atoms with E-state index in [0.717, 1.165) is 23.7 Å². The van der Waals surface area contributed by atoms with E-state index in [1.165, 1.54) is 16.7 Å². The highest BCUT2D eigenvalue weighted by Gasteiger charge is 2.09. The summed E-state index contributed by atoms with van der Waals surface area (Å²) >= 11 is 3.46. The van der Waals surface area contributed by atoms with E-state index in [9.17, 15) is 0 Å². The van der Waals surface area contributed by atoms with Crippen molar-refractivity contribution in [2.24, 2.45) is 5.84 Å². The van der Waals surface area contributed by atoms with Gasteiger partial charge in [-0.05, 0) is 48.1 Å². The summed E-state index contributed by atoms with van der Waals surface area (Å²) in [6.07, 6.45) is 2.95. The van der Waals surface area contributed by atoms with E-state index in [4.69, 9.17) is 5.84 Å². The van der Waals surface area contributed by atoms with Crippen LogP contribution in [-0.4, -0.2) is 6.04 Å². The zero-order chi connectivity index (χ0) is 14.4. The zero-order valence-corrected chi connectivity index (χ0v) is 13.4. The molecule has 3 heteroatoms. The quantitative estimate of drug-likeness (QED) is 0.626. The highest BCUT2D eigenvalue weighted by Crippen LogP contribution is 2.14. The third-order valence-electron chi connectivity index (χ3n) is 3.54. The van der Waals surface area contributed by atoms with E-state index >= 15 is 0 Å². The molecule has 2 aromatic rings. The van der Waals surface area contributed by atoms with Crippen molar-refractivity contribution in [1.29, 1.82) is 0 Å². The molecule has 0 spiro atoms. The Balaban J connectivity index is 1.99. The van der Waals surface area contributed by atoms with E-state index < -0.39 is 0 Å². The van der Waals surface area contributed by atoms with Gasteiger partial charge in [0.15, 0.2) is 0 Å². The molecule has 20 heavy (non-hydrogen) atoms. The molecule has 0 saturated carbocycles. The van der Waals surface area contributed by atoms with Crippen LogP contribution in [0.25, 0.3) is 0 Å². The van der Waals surface area contributed by atoms with Crippen LogP contribution in [0.5, 0.6) is 0 Å². The van der Waals surface area contributed by atoms with Crippen molar-refractivity contribution < 1.29 is 0 Å². The first-order chi connectivity index (χ1) is 9.71. The van der Waals surface area contributed by atoms with Gasteiger partial charge in [-0.15, -0.1) is 0 Å². The van der Waals surface area contributed by atoms with E-state index in [2.05, 4.69) is 76.8 Å². The molecule has 0 aliphatic carbocycles. The highest BCUT2D eigenvalue weighted by atomic mass is 79.9. The van der Waals surface area contributed by atoms with Crippen molar-refractivity contribution in [3.8, 4) is 0 Å². The molecule has 2 nitrogen and oxygen atoms in total. The maximum Gasteiger partial charge on any atom is 0.0291 e. The summed E-state index contributed by atoms with van der Waals surface area (Å²) in [4.78, 5) is 0. The Morgan fingerprint density at radius 3 is 1.80 bits per heavy atom. The van der Waals surface area contributed by atoms with E-state index in [0.29, 0.717) is 0 Å². The van der Waals surface area contributed by atoms with Gasteiger partial charge in [0.1, 0.15) is 0 Å². The number of nitrogens with one attached hydrogen (secondary N) is 1. The summed E-state index contributed by atoms with van der Waals surface area (Å²) in [5.74, 6) is 5.70. The van der Waals surface area contributed by atoms with Crippen molar-refractivity contribution in [3.05, 3.63) is 69.7 Å². The van der Waals surface area contributed by atoms with Crippen LogP contribution in [0, 0.1) is 0 Å². The third kappa shape index (κ3) is 4.44. The minimum atomic E-state index is 0.253. The van der Waals surface area contributed by atoms with Crippen LogP contribution in [0.2, 0.25) is 0 Å². The Morgan fingerprint density at radius 1 is 0.900 bits per heavy atom. The van der Waals surface area contributed by atoms with Gasteiger partial charge in [-0.25, -0.2) is 0 Å². The summed E-state index contributed by atoms with van der Waals surface area (Å²) in [6, 6.07) is 17.4. The molecule has 0 saturated heterocycles. The Kier molecular flexibility index (Phi) is 5.77.